The van der Waals surface area contributed by atoms with Crippen LogP contribution in [0.2, 0.25) is 0 Å². The Hall–Kier alpha value is -4.12. The molecule has 0 spiro atoms. The van der Waals surface area contributed by atoms with Crippen LogP contribution in [-0.2, 0) is 28.6 Å². The van der Waals surface area contributed by atoms with Crippen molar-refractivity contribution in [2.45, 2.75) is 71.4 Å². The maximum atomic E-state index is 13.8. The van der Waals surface area contributed by atoms with E-state index in [1.165, 1.54) is 20.3 Å². The number of ether oxygens (including phenoxy) is 3. The fraction of sp³-hybridized carbons (Fsp3) is 0.459. The number of methoxy groups -OCH3 is 2. The number of carbonyl (C=O) groups excluding carboxylic acids is 4. The summed E-state index contributed by atoms with van der Waals surface area (Å²) in [6, 6.07) is 8.63. The number of amides is 1. The highest BCUT2D eigenvalue weighted by Crippen LogP contribution is 2.32. The number of carbonyl (C=O) groups is 4. The molecule has 6 atom stereocenters. The minimum absolute atomic E-state index is 0.0689. The summed E-state index contributed by atoms with van der Waals surface area (Å²) < 4.78 is 17.5. The van der Waals surface area contributed by atoms with Crippen LogP contribution < -0.4 is 5.32 Å². The Kier molecular flexibility index (Phi) is 12.3. The highest BCUT2D eigenvalue weighted by Gasteiger charge is 2.36. The predicted octanol–water partition coefficient (Wildman–Crippen LogP) is 4.23. The first kappa shape index (κ1) is 35.7. The lowest BCUT2D eigenvalue weighted by molar-refractivity contribution is -0.120. The van der Waals surface area contributed by atoms with Crippen LogP contribution in [0.15, 0.2) is 88.8 Å². The predicted molar refractivity (Wildman–Crippen MR) is 177 cm³/mol. The number of esters is 1. The third kappa shape index (κ3) is 8.62. The van der Waals surface area contributed by atoms with Crippen molar-refractivity contribution < 1.29 is 38.5 Å². The second kappa shape index (κ2) is 16.1. The monoisotopic (exact) mass is 646 g/mol. The van der Waals surface area contributed by atoms with E-state index in [0.29, 0.717) is 41.9 Å². The number of ketones is 2. The molecule has 10 heteroatoms. The molecule has 1 aromatic carbocycles. The van der Waals surface area contributed by atoms with E-state index < -0.39 is 48.0 Å². The SMILES string of the molecule is CO[C@H]1/C=C\C=C(/C)C(=O)NC2=CC(=O)C(N3CCC3)=C(C[C@@H](C)C[C@H](OC)[C@H](O)[C@@H](C)/C=C(\C)[C@@H]1OC(=O)c1ccccc1)C2=O. The van der Waals surface area contributed by atoms with Crippen LogP contribution >= 0.6 is 0 Å². The van der Waals surface area contributed by atoms with E-state index in [4.69, 9.17) is 14.2 Å². The molecule has 2 N–H and O–H groups in total. The highest BCUT2D eigenvalue weighted by atomic mass is 16.6. The molecule has 0 unspecified atom stereocenters. The van der Waals surface area contributed by atoms with E-state index in [0.717, 1.165) is 6.42 Å². The standard InChI is InChI=1S/C37H46N2O8/c1-22-18-27-32(39-16-11-17-39)29(40)21-28(34(27)42)38-36(43)23(2)12-10-15-30(45-5)35(47-37(44)26-13-8-7-9-14-26)25(4)20-24(3)33(41)31(19-22)46-6/h7-10,12-15,20-22,24,30-31,33,35,41H,11,16-19H2,1-6H3,(H,38,43)/b15-10-,23-12+,25-20+/t22-,24+,30+,31+,33-,35+/m1/s1. The van der Waals surface area contributed by atoms with Gasteiger partial charge in [-0.1, -0.05) is 56.4 Å². The summed E-state index contributed by atoms with van der Waals surface area (Å²) in [5.74, 6) is -2.35. The Labute approximate surface area is 276 Å². The second-order valence-electron chi connectivity index (χ2n) is 12.6. The van der Waals surface area contributed by atoms with Gasteiger partial charge in [0.1, 0.15) is 6.10 Å². The van der Waals surface area contributed by atoms with Crippen molar-refractivity contribution >= 4 is 23.4 Å². The van der Waals surface area contributed by atoms with Gasteiger partial charge >= 0.3 is 5.97 Å². The highest BCUT2D eigenvalue weighted by molar-refractivity contribution is 6.23. The van der Waals surface area contributed by atoms with Crippen molar-refractivity contribution in [3.05, 3.63) is 94.4 Å². The molecule has 1 aromatic rings. The van der Waals surface area contributed by atoms with E-state index in [1.807, 2.05) is 31.7 Å². The first-order valence-corrected chi connectivity index (χ1v) is 16.1. The van der Waals surface area contributed by atoms with Gasteiger partial charge in [-0.05, 0) is 56.7 Å². The first-order chi connectivity index (χ1) is 22.4. The lowest BCUT2D eigenvalue weighted by atomic mass is 9.84. The zero-order valence-electron chi connectivity index (χ0n) is 28.0. The van der Waals surface area contributed by atoms with Gasteiger partial charge in [-0.3, -0.25) is 14.4 Å². The van der Waals surface area contributed by atoms with Crippen molar-refractivity contribution in [1.82, 2.24) is 10.2 Å². The number of nitrogens with one attached hydrogen (secondary N) is 1. The molecule has 1 aliphatic carbocycles. The van der Waals surface area contributed by atoms with E-state index in [2.05, 4.69) is 5.32 Å². The minimum atomic E-state index is -0.936. The second-order valence-corrected chi connectivity index (χ2v) is 12.6. The van der Waals surface area contributed by atoms with Crippen LogP contribution in [0.4, 0.5) is 0 Å². The average molecular weight is 647 g/mol. The lowest BCUT2D eigenvalue weighted by Crippen LogP contribution is -2.43. The van der Waals surface area contributed by atoms with Crippen LogP contribution in [0.3, 0.4) is 0 Å². The fourth-order valence-corrected chi connectivity index (χ4v) is 6.09. The van der Waals surface area contributed by atoms with Gasteiger partial charge in [0, 0.05) is 50.4 Å². The van der Waals surface area contributed by atoms with Gasteiger partial charge in [-0.25, -0.2) is 4.79 Å². The molecule has 10 nitrogen and oxygen atoms in total. The van der Waals surface area contributed by atoms with Gasteiger partial charge in [-0.2, -0.15) is 0 Å². The molecule has 1 saturated heterocycles. The number of Topliss-reactive ketones (excluding diaryl/α,β-unsaturated/α-hetero) is 1. The van der Waals surface area contributed by atoms with Crippen LogP contribution in [0, 0.1) is 11.8 Å². The van der Waals surface area contributed by atoms with E-state index in [-0.39, 0.29) is 29.4 Å². The van der Waals surface area contributed by atoms with Crippen molar-refractivity contribution in [1.29, 1.82) is 0 Å². The van der Waals surface area contributed by atoms with Gasteiger partial charge < -0.3 is 29.5 Å². The fourth-order valence-electron chi connectivity index (χ4n) is 6.09. The first-order valence-electron chi connectivity index (χ1n) is 16.1. The largest absolute Gasteiger partial charge is 0.451 e. The third-order valence-electron chi connectivity index (χ3n) is 8.94. The molecule has 3 aliphatic rings. The zero-order chi connectivity index (χ0) is 34.2. The Morgan fingerprint density at radius 1 is 1.02 bits per heavy atom. The van der Waals surface area contributed by atoms with Gasteiger partial charge in [0.2, 0.25) is 11.6 Å². The minimum Gasteiger partial charge on any atom is -0.451 e. The number of allylic oxidation sites excluding steroid dienone is 4. The molecule has 0 radical (unpaired) electrons. The summed E-state index contributed by atoms with van der Waals surface area (Å²) in [5.41, 5.74) is 2.00. The number of benzene rings is 1. The van der Waals surface area contributed by atoms with Crippen molar-refractivity contribution in [2.24, 2.45) is 11.8 Å². The molecule has 47 heavy (non-hydrogen) atoms. The number of hydrogen-bond acceptors (Lipinski definition) is 9. The summed E-state index contributed by atoms with van der Waals surface area (Å²) in [4.78, 5) is 55.4. The smallest absolute Gasteiger partial charge is 0.338 e. The molecular formula is C37H46N2O8. The van der Waals surface area contributed by atoms with Gasteiger partial charge in [0.15, 0.2) is 6.10 Å². The van der Waals surface area contributed by atoms with Crippen LogP contribution in [0.5, 0.6) is 0 Å². The average Bonchev–Trinajstić information content (AvgIpc) is 3.03. The molecule has 1 fully saturated rings. The summed E-state index contributed by atoms with van der Waals surface area (Å²) in [6.45, 7) is 8.58. The Bertz CT molecular complexity index is 1500. The van der Waals surface area contributed by atoms with Gasteiger partial charge in [0.25, 0.3) is 5.91 Å². The van der Waals surface area contributed by atoms with Crippen LogP contribution in [0.25, 0.3) is 0 Å². The van der Waals surface area contributed by atoms with Gasteiger partial charge in [-0.15, -0.1) is 0 Å². The third-order valence-corrected chi connectivity index (χ3v) is 8.94. The number of likely N-dealkylation sites (tertiary alicyclic amines) is 1. The summed E-state index contributed by atoms with van der Waals surface area (Å²) in [5, 5.41) is 14.1. The number of nitrogens with zero attached hydrogens (tertiary/aromatic N) is 1. The van der Waals surface area contributed by atoms with Crippen molar-refractivity contribution in [3.63, 3.8) is 0 Å². The molecule has 0 aromatic heterocycles. The Morgan fingerprint density at radius 3 is 2.34 bits per heavy atom. The van der Waals surface area contributed by atoms with E-state index in [1.54, 1.807) is 55.5 Å². The number of aliphatic hydroxyl groups excluding tert-OH is 1. The van der Waals surface area contributed by atoms with Crippen LogP contribution in [0.1, 0.15) is 57.3 Å². The van der Waals surface area contributed by atoms with Crippen molar-refractivity contribution in [2.75, 3.05) is 27.3 Å². The van der Waals surface area contributed by atoms with Crippen LogP contribution in [-0.4, -0.2) is 85.2 Å². The topological polar surface area (TPSA) is 131 Å². The molecule has 1 amide bonds. The molecule has 0 saturated carbocycles. The lowest BCUT2D eigenvalue weighted by Gasteiger charge is -2.37. The maximum absolute atomic E-state index is 13.8. The molecule has 4 rings (SSSR count). The number of fused-ring (bicyclic) bond motifs is 2. The zero-order valence-corrected chi connectivity index (χ0v) is 28.0. The van der Waals surface area contributed by atoms with E-state index >= 15 is 0 Å². The Morgan fingerprint density at radius 2 is 1.72 bits per heavy atom. The molecule has 2 heterocycles. The molecule has 252 valence electrons. The number of aliphatic hydroxyl groups is 1. The summed E-state index contributed by atoms with van der Waals surface area (Å²) >= 11 is 0. The van der Waals surface area contributed by atoms with E-state index in [9.17, 15) is 24.3 Å². The molecule has 2 aliphatic heterocycles. The molecule has 2 bridgehead atoms. The molecular weight excluding hydrogens is 600 g/mol. The summed E-state index contributed by atoms with van der Waals surface area (Å²) in [6.07, 6.45) is 6.35. The quantitative estimate of drug-likeness (QED) is 0.274. The number of rotatable bonds is 5. The number of hydrogen-bond donors (Lipinski definition) is 2. The normalized spacial score (nSPS) is 31.1. The maximum Gasteiger partial charge on any atom is 0.338 e. The Balaban J connectivity index is 1.74. The summed E-state index contributed by atoms with van der Waals surface area (Å²) in [7, 11) is 3.02. The van der Waals surface area contributed by atoms with Gasteiger partial charge in [0.05, 0.1) is 29.2 Å². The van der Waals surface area contributed by atoms with Crippen molar-refractivity contribution in [3.8, 4) is 0 Å².